The van der Waals surface area contributed by atoms with Crippen molar-refractivity contribution in [3.05, 3.63) is 43.0 Å². The summed E-state index contributed by atoms with van der Waals surface area (Å²) in [4.78, 5) is 7.99. The topological polar surface area (TPSA) is 69.6 Å². The van der Waals surface area contributed by atoms with Gasteiger partial charge in [-0.15, -0.1) is 0 Å². The summed E-state index contributed by atoms with van der Waals surface area (Å²) in [5, 5.41) is 5.33. The maximum Gasteiger partial charge on any atom is 0.180 e. The molecule has 0 saturated heterocycles. The van der Waals surface area contributed by atoms with Crippen LogP contribution in [-0.4, -0.2) is 19.7 Å². The van der Waals surface area contributed by atoms with Crippen LogP contribution in [0.5, 0.6) is 0 Å². The fourth-order valence-electron chi connectivity index (χ4n) is 1.65. The molecule has 0 saturated carbocycles. The predicted octanol–water partition coefficient (Wildman–Crippen LogP) is 1.40. The highest BCUT2D eigenvalue weighted by molar-refractivity contribution is 5.80. The SMILES string of the molecule is Nc1cncnc1-n1ncc2ccccc21. The third-order valence-corrected chi connectivity index (χ3v) is 2.40. The normalized spacial score (nSPS) is 10.8. The van der Waals surface area contributed by atoms with E-state index in [0.29, 0.717) is 11.5 Å². The van der Waals surface area contributed by atoms with E-state index in [0.717, 1.165) is 10.9 Å². The van der Waals surface area contributed by atoms with E-state index in [1.807, 2.05) is 24.3 Å². The molecule has 5 nitrogen and oxygen atoms in total. The molecule has 0 radical (unpaired) electrons. The maximum atomic E-state index is 5.82. The molecule has 0 amide bonds. The molecular weight excluding hydrogens is 202 g/mol. The van der Waals surface area contributed by atoms with Gasteiger partial charge >= 0.3 is 0 Å². The van der Waals surface area contributed by atoms with E-state index in [4.69, 9.17) is 5.73 Å². The number of para-hydroxylation sites is 1. The molecule has 5 heteroatoms. The Morgan fingerprint density at radius 1 is 1.12 bits per heavy atom. The fraction of sp³-hybridized carbons (Fsp3) is 0. The monoisotopic (exact) mass is 211 g/mol. The first-order chi connectivity index (χ1) is 7.86. The van der Waals surface area contributed by atoms with Gasteiger partial charge < -0.3 is 5.73 Å². The number of aromatic nitrogens is 4. The van der Waals surface area contributed by atoms with Crippen LogP contribution in [0.2, 0.25) is 0 Å². The average molecular weight is 211 g/mol. The smallest absolute Gasteiger partial charge is 0.180 e. The number of nitrogens with two attached hydrogens (primary N) is 1. The van der Waals surface area contributed by atoms with Crippen LogP contribution in [0.1, 0.15) is 0 Å². The Bertz CT molecular complexity index is 643. The number of rotatable bonds is 1. The van der Waals surface area contributed by atoms with Crippen molar-refractivity contribution in [3.8, 4) is 5.82 Å². The Kier molecular flexibility index (Phi) is 1.83. The molecular formula is C11H9N5. The Morgan fingerprint density at radius 2 is 2.00 bits per heavy atom. The molecule has 2 heterocycles. The second kappa shape index (κ2) is 3.30. The molecule has 0 spiro atoms. The average Bonchev–Trinajstić information content (AvgIpc) is 2.74. The van der Waals surface area contributed by atoms with E-state index in [-0.39, 0.29) is 0 Å². The molecule has 1 aromatic carbocycles. The van der Waals surface area contributed by atoms with Gasteiger partial charge in [-0.25, -0.2) is 14.6 Å². The Balaban J connectivity index is 2.31. The van der Waals surface area contributed by atoms with Crippen molar-refractivity contribution >= 4 is 16.6 Å². The molecule has 0 aliphatic heterocycles. The number of hydrogen-bond donors (Lipinski definition) is 1. The first kappa shape index (κ1) is 8.84. The van der Waals surface area contributed by atoms with Gasteiger partial charge in [0.2, 0.25) is 0 Å². The highest BCUT2D eigenvalue weighted by Gasteiger charge is 2.07. The lowest BCUT2D eigenvalue weighted by atomic mass is 10.2. The number of benzene rings is 1. The molecule has 0 fully saturated rings. The van der Waals surface area contributed by atoms with Crippen LogP contribution >= 0.6 is 0 Å². The third-order valence-electron chi connectivity index (χ3n) is 2.40. The molecule has 0 aliphatic rings. The summed E-state index contributed by atoms with van der Waals surface area (Å²) in [6.07, 6.45) is 4.82. The minimum Gasteiger partial charge on any atom is -0.394 e. The van der Waals surface area contributed by atoms with Crippen LogP contribution in [-0.2, 0) is 0 Å². The summed E-state index contributed by atoms with van der Waals surface area (Å²) in [6, 6.07) is 7.90. The lowest BCUT2D eigenvalue weighted by molar-refractivity contribution is 0.869. The van der Waals surface area contributed by atoms with Gasteiger partial charge in [0.05, 0.1) is 23.6 Å². The van der Waals surface area contributed by atoms with Gasteiger partial charge in [0.1, 0.15) is 6.33 Å². The Morgan fingerprint density at radius 3 is 2.88 bits per heavy atom. The number of anilines is 1. The molecule has 0 aliphatic carbocycles. The highest BCUT2D eigenvalue weighted by Crippen LogP contribution is 2.19. The van der Waals surface area contributed by atoms with Crippen molar-refractivity contribution in [3.63, 3.8) is 0 Å². The van der Waals surface area contributed by atoms with Gasteiger partial charge in [0, 0.05) is 5.39 Å². The van der Waals surface area contributed by atoms with Crippen molar-refractivity contribution in [2.45, 2.75) is 0 Å². The summed E-state index contributed by atoms with van der Waals surface area (Å²) in [5.41, 5.74) is 7.31. The second-order valence-corrected chi connectivity index (χ2v) is 3.42. The number of fused-ring (bicyclic) bond motifs is 1. The standard InChI is InChI=1S/C11H9N5/c12-9-6-13-7-14-11(9)16-10-4-2-1-3-8(10)5-15-16/h1-7H,12H2. The van der Waals surface area contributed by atoms with Crippen molar-refractivity contribution in [1.29, 1.82) is 0 Å². The van der Waals surface area contributed by atoms with Crippen LogP contribution in [0.3, 0.4) is 0 Å². The molecule has 16 heavy (non-hydrogen) atoms. The molecule has 0 unspecified atom stereocenters. The minimum atomic E-state index is 0.511. The first-order valence-corrected chi connectivity index (χ1v) is 4.85. The molecule has 78 valence electrons. The van der Waals surface area contributed by atoms with E-state index in [2.05, 4.69) is 15.1 Å². The molecule has 3 rings (SSSR count). The molecule has 0 bridgehead atoms. The van der Waals surface area contributed by atoms with E-state index in [9.17, 15) is 0 Å². The summed E-state index contributed by atoms with van der Waals surface area (Å²) in [6.45, 7) is 0. The van der Waals surface area contributed by atoms with Crippen LogP contribution in [0, 0.1) is 0 Å². The van der Waals surface area contributed by atoms with Crippen LogP contribution in [0.25, 0.3) is 16.7 Å². The summed E-state index contributed by atoms with van der Waals surface area (Å²) in [7, 11) is 0. The van der Waals surface area contributed by atoms with Crippen LogP contribution in [0.4, 0.5) is 5.69 Å². The van der Waals surface area contributed by atoms with Gasteiger partial charge in [0.15, 0.2) is 5.82 Å². The van der Waals surface area contributed by atoms with Gasteiger partial charge in [-0.2, -0.15) is 5.10 Å². The largest absolute Gasteiger partial charge is 0.394 e. The van der Waals surface area contributed by atoms with E-state index < -0.39 is 0 Å². The lowest BCUT2D eigenvalue weighted by Crippen LogP contribution is -2.04. The maximum absolute atomic E-state index is 5.82. The predicted molar refractivity (Wildman–Crippen MR) is 61.1 cm³/mol. The van der Waals surface area contributed by atoms with Crippen LogP contribution in [0.15, 0.2) is 43.0 Å². The number of hydrogen-bond acceptors (Lipinski definition) is 4. The number of nitrogens with zero attached hydrogens (tertiary/aromatic N) is 4. The first-order valence-electron chi connectivity index (χ1n) is 4.85. The molecule has 3 aromatic rings. The molecule has 2 N–H and O–H groups in total. The van der Waals surface area contributed by atoms with Gasteiger partial charge in [-0.1, -0.05) is 18.2 Å². The molecule has 2 aromatic heterocycles. The zero-order valence-corrected chi connectivity index (χ0v) is 8.41. The van der Waals surface area contributed by atoms with Crippen molar-refractivity contribution in [2.24, 2.45) is 0 Å². The van der Waals surface area contributed by atoms with Gasteiger partial charge in [-0.05, 0) is 6.07 Å². The summed E-state index contributed by atoms with van der Waals surface area (Å²) >= 11 is 0. The quantitative estimate of drug-likeness (QED) is 0.660. The summed E-state index contributed by atoms with van der Waals surface area (Å²) in [5.74, 6) is 0.608. The Labute approximate surface area is 91.6 Å². The van der Waals surface area contributed by atoms with E-state index in [1.165, 1.54) is 6.33 Å². The van der Waals surface area contributed by atoms with Gasteiger partial charge in [-0.3, -0.25) is 0 Å². The van der Waals surface area contributed by atoms with E-state index >= 15 is 0 Å². The lowest BCUT2D eigenvalue weighted by Gasteiger charge is -2.04. The highest BCUT2D eigenvalue weighted by atomic mass is 15.3. The zero-order chi connectivity index (χ0) is 11.0. The molecule has 0 atom stereocenters. The minimum absolute atomic E-state index is 0.511. The fourth-order valence-corrected chi connectivity index (χ4v) is 1.65. The van der Waals surface area contributed by atoms with Crippen molar-refractivity contribution < 1.29 is 0 Å². The van der Waals surface area contributed by atoms with Crippen LogP contribution < -0.4 is 5.73 Å². The Hall–Kier alpha value is -2.43. The second-order valence-electron chi connectivity index (χ2n) is 3.42. The van der Waals surface area contributed by atoms with E-state index in [1.54, 1.807) is 17.1 Å². The van der Waals surface area contributed by atoms with Crippen molar-refractivity contribution in [1.82, 2.24) is 19.7 Å². The summed E-state index contributed by atoms with van der Waals surface area (Å²) < 4.78 is 1.71. The zero-order valence-electron chi connectivity index (χ0n) is 8.41. The third kappa shape index (κ3) is 1.22. The van der Waals surface area contributed by atoms with Crippen molar-refractivity contribution in [2.75, 3.05) is 5.73 Å². The number of nitrogen functional groups attached to an aromatic ring is 1. The van der Waals surface area contributed by atoms with Gasteiger partial charge in [0.25, 0.3) is 0 Å².